The number of nitrogens with one attached hydrogen (secondary N) is 1. The minimum atomic E-state index is 0.0246. The average molecular weight is 361 g/mol. The van der Waals surface area contributed by atoms with Gasteiger partial charge in [0, 0.05) is 30.3 Å². The predicted octanol–water partition coefficient (Wildman–Crippen LogP) is 3.58. The largest absolute Gasteiger partial charge is 0.497 e. The molecule has 0 aromatic heterocycles. The van der Waals surface area contributed by atoms with Crippen molar-refractivity contribution in [1.82, 2.24) is 5.32 Å². The molecule has 0 unspecified atom stereocenters. The van der Waals surface area contributed by atoms with E-state index >= 15 is 0 Å². The summed E-state index contributed by atoms with van der Waals surface area (Å²) in [6, 6.07) is 9.47. The quantitative estimate of drug-likeness (QED) is 0.737. The molecule has 142 valence electrons. The topological polar surface area (TPSA) is 58.2 Å². The van der Waals surface area contributed by atoms with Crippen molar-refractivity contribution >= 4 is 0 Å². The summed E-state index contributed by atoms with van der Waals surface area (Å²) < 4.78 is 27.1. The van der Waals surface area contributed by atoms with Crippen molar-refractivity contribution in [1.29, 1.82) is 0 Å². The summed E-state index contributed by atoms with van der Waals surface area (Å²) in [5.74, 6) is 3.69. The van der Waals surface area contributed by atoms with Crippen molar-refractivity contribution in [2.45, 2.75) is 19.5 Å². The smallest absolute Gasteiger partial charge is 0.130 e. The molecule has 1 atom stereocenters. The van der Waals surface area contributed by atoms with Crippen molar-refractivity contribution in [3.8, 4) is 28.7 Å². The van der Waals surface area contributed by atoms with Crippen LogP contribution >= 0.6 is 0 Å². The van der Waals surface area contributed by atoms with E-state index in [1.165, 1.54) is 0 Å². The minimum Gasteiger partial charge on any atom is -0.497 e. The molecule has 2 aromatic carbocycles. The second-order valence-corrected chi connectivity index (χ2v) is 5.72. The summed E-state index contributed by atoms with van der Waals surface area (Å²) in [6.07, 6.45) is 0. The number of methoxy groups -OCH3 is 5. The molecule has 2 aromatic rings. The molecule has 26 heavy (non-hydrogen) atoms. The molecule has 0 aliphatic heterocycles. The molecule has 0 spiro atoms. The van der Waals surface area contributed by atoms with E-state index in [0.29, 0.717) is 23.8 Å². The molecular formula is C20H27NO5. The van der Waals surface area contributed by atoms with Gasteiger partial charge in [0.2, 0.25) is 0 Å². The highest BCUT2D eigenvalue weighted by atomic mass is 16.5. The standard InChI is InChI=1S/C20H27NO5/c1-13(16-9-14(22-2)7-8-18(16)24-4)21-12-17-19(25-5)10-15(23-3)11-20(17)26-6/h7-11,13,21H,12H2,1-6H3/t13-/m1/s1. The molecule has 0 amide bonds. The summed E-state index contributed by atoms with van der Waals surface area (Å²) >= 11 is 0. The van der Waals surface area contributed by atoms with Gasteiger partial charge in [0.15, 0.2) is 0 Å². The fraction of sp³-hybridized carbons (Fsp3) is 0.400. The molecule has 0 heterocycles. The van der Waals surface area contributed by atoms with Gasteiger partial charge in [0.1, 0.15) is 28.7 Å². The van der Waals surface area contributed by atoms with Crippen LogP contribution in [0.4, 0.5) is 0 Å². The molecule has 1 N–H and O–H groups in total. The Morgan fingerprint density at radius 3 is 1.81 bits per heavy atom. The molecule has 0 saturated heterocycles. The maximum atomic E-state index is 5.51. The SMILES string of the molecule is COc1cc(OC)c(CN[C@H](C)c2cc(OC)ccc2OC)c(OC)c1. The molecular weight excluding hydrogens is 334 g/mol. The Balaban J connectivity index is 2.26. The van der Waals surface area contributed by atoms with Crippen LogP contribution in [0.15, 0.2) is 30.3 Å². The van der Waals surface area contributed by atoms with Gasteiger partial charge in [-0.2, -0.15) is 0 Å². The van der Waals surface area contributed by atoms with Gasteiger partial charge in [0.05, 0.1) is 41.1 Å². The van der Waals surface area contributed by atoms with Gasteiger partial charge in [0.25, 0.3) is 0 Å². The molecule has 6 heteroatoms. The number of benzene rings is 2. The normalized spacial score (nSPS) is 11.6. The Morgan fingerprint density at radius 2 is 1.31 bits per heavy atom. The number of ether oxygens (including phenoxy) is 5. The van der Waals surface area contributed by atoms with Gasteiger partial charge in [-0.05, 0) is 25.1 Å². The summed E-state index contributed by atoms with van der Waals surface area (Å²) in [4.78, 5) is 0. The van der Waals surface area contributed by atoms with Crippen LogP contribution in [-0.4, -0.2) is 35.5 Å². The van der Waals surface area contributed by atoms with E-state index in [1.54, 1.807) is 35.5 Å². The van der Waals surface area contributed by atoms with Crippen molar-refractivity contribution in [3.05, 3.63) is 41.5 Å². The molecule has 0 radical (unpaired) electrons. The Labute approximate surface area is 155 Å². The van der Waals surface area contributed by atoms with Crippen LogP contribution < -0.4 is 29.0 Å². The second kappa shape index (κ2) is 9.20. The van der Waals surface area contributed by atoms with Gasteiger partial charge < -0.3 is 29.0 Å². The zero-order valence-corrected chi connectivity index (χ0v) is 16.2. The predicted molar refractivity (Wildman–Crippen MR) is 101 cm³/mol. The lowest BCUT2D eigenvalue weighted by atomic mass is 10.1. The van der Waals surface area contributed by atoms with Gasteiger partial charge in [-0.3, -0.25) is 0 Å². The van der Waals surface area contributed by atoms with Gasteiger partial charge in [-0.1, -0.05) is 0 Å². The lowest BCUT2D eigenvalue weighted by Gasteiger charge is -2.20. The van der Waals surface area contributed by atoms with E-state index in [1.807, 2.05) is 30.3 Å². The molecule has 0 saturated carbocycles. The van der Waals surface area contributed by atoms with Gasteiger partial charge in [-0.15, -0.1) is 0 Å². The lowest BCUT2D eigenvalue weighted by molar-refractivity contribution is 0.363. The number of rotatable bonds is 9. The number of hydrogen-bond acceptors (Lipinski definition) is 6. The molecule has 0 aliphatic rings. The summed E-state index contributed by atoms with van der Waals surface area (Å²) in [7, 11) is 8.19. The van der Waals surface area contributed by atoms with Crippen LogP contribution in [0.1, 0.15) is 24.1 Å². The highest BCUT2D eigenvalue weighted by molar-refractivity contribution is 5.51. The molecule has 6 nitrogen and oxygen atoms in total. The molecule has 2 rings (SSSR count). The molecule has 0 aliphatic carbocycles. The van der Waals surface area contributed by atoms with Crippen LogP contribution in [0.3, 0.4) is 0 Å². The Morgan fingerprint density at radius 1 is 0.731 bits per heavy atom. The van der Waals surface area contributed by atoms with Crippen molar-refractivity contribution in [2.24, 2.45) is 0 Å². The fourth-order valence-electron chi connectivity index (χ4n) is 2.79. The third-order valence-electron chi connectivity index (χ3n) is 4.31. The first kappa shape index (κ1) is 19.7. The van der Waals surface area contributed by atoms with Crippen LogP contribution in [0, 0.1) is 0 Å². The first-order valence-electron chi connectivity index (χ1n) is 8.32. The van der Waals surface area contributed by atoms with Gasteiger partial charge >= 0.3 is 0 Å². The Hall–Kier alpha value is -2.60. The average Bonchev–Trinajstić information content (AvgIpc) is 2.70. The zero-order valence-electron chi connectivity index (χ0n) is 16.2. The third kappa shape index (κ3) is 4.32. The van der Waals surface area contributed by atoms with Crippen molar-refractivity contribution in [2.75, 3.05) is 35.5 Å². The second-order valence-electron chi connectivity index (χ2n) is 5.72. The Bertz CT molecular complexity index is 707. The van der Waals surface area contributed by atoms with Crippen LogP contribution in [0.25, 0.3) is 0 Å². The molecule has 0 bridgehead atoms. The third-order valence-corrected chi connectivity index (χ3v) is 4.31. The zero-order chi connectivity index (χ0) is 19.1. The first-order valence-corrected chi connectivity index (χ1v) is 8.32. The number of hydrogen-bond donors (Lipinski definition) is 1. The van der Waals surface area contributed by atoms with Gasteiger partial charge in [-0.25, -0.2) is 0 Å². The highest BCUT2D eigenvalue weighted by Crippen LogP contribution is 2.35. The molecule has 0 fully saturated rings. The van der Waals surface area contributed by atoms with Crippen LogP contribution in [-0.2, 0) is 6.54 Å². The highest BCUT2D eigenvalue weighted by Gasteiger charge is 2.17. The van der Waals surface area contributed by atoms with Crippen molar-refractivity contribution in [3.63, 3.8) is 0 Å². The fourth-order valence-corrected chi connectivity index (χ4v) is 2.79. The van der Waals surface area contributed by atoms with Crippen molar-refractivity contribution < 1.29 is 23.7 Å². The lowest BCUT2D eigenvalue weighted by Crippen LogP contribution is -2.19. The Kier molecular flexibility index (Phi) is 6.97. The summed E-state index contributed by atoms with van der Waals surface area (Å²) in [5.41, 5.74) is 1.93. The maximum absolute atomic E-state index is 5.51. The monoisotopic (exact) mass is 361 g/mol. The first-order chi connectivity index (χ1) is 12.6. The summed E-state index contributed by atoms with van der Waals surface area (Å²) in [6.45, 7) is 2.62. The maximum Gasteiger partial charge on any atom is 0.130 e. The van der Waals surface area contributed by atoms with E-state index in [2.05, 4.69) is 12.2 Å². The van der Waals surface area contributed by atoms with E-state index in [-0.39, 0.29) is 6.04 Å². The summed E-state index contributed by atoms with van der Waals surface area (Å²) in [5, 5.41) is 3.49. The van der Waals surface area contributed by atoms with E-state index in [4.69, 9.17) is 23.7 Å². The van der Waals surface area contributed by atoms with Crippen LogP contribution in [0.2, 0.25) is 0 Å². The van der Waals surface area contributed by atoms with Crippen LogP contribution in [0.5, 0.6) is 28.7 Å². The van der Waals surface area contributed by atoms with E-state index in [0.717, 1.165) is 22.6 Å². The van der Waals surface area contributed by atoms with E-state index < -0.39 is 0 Å². The van der Waals surface area contributed by atoms with E-state index in [9.17, 15) is 0 Å². The minimum absolute atomic E-state index is 0.0246.